The predicted molar refractivity (Wildman–Crippen MR) is 164 cm³/mol. The summed E-state index contributed by atoms with van der Waals surface area (Å²) in [4.78, 5) is 5.65. The minimum absolute atomic E-state index is 0.123. The van der Waals surface area contributed by atoms with E-state index in [-0.39, 0.29) is 5.41 Å². The molecule has 3 aromatic rings. The summed E-state index contributed by atoms with van der Waals surface area (Å²) in [6.45, 7) is 3.54. The van der Waals surface area contributed by atoms with Crippen LogP contribution in [0.25, 0.3) is 0 Å². The van der Waals surface area contributed by atoms with Gasteiger partial charge in [-0.3, -0.25) is 9.80 Å². The summed E-state index contributed by atoms with van der Waals surface area (Å²) in [7, 11) is 4.19. The lowest BCUT2D eigenvalue weighted by molar-refractivity contribution is -0.108. The van der Waals surface area contributed by atoms with Crippen LogP contribution in [0.15, 0.2) is 72.8 Å². The molecule has 1 saturated heterocycles. The van der Waals surface area contributed by atoms with Gasteiger partial charge >= 0.3 is 0 Å². The zero-order valence-electron chi connectivity index (χ0n) is 24.7. The Balaban J connectivity index is 1.27. The highest BCUT2D eigenvalue weighted by molar-refractivity contribution is 5.61. The second-order valence-electron chi connectivity index (χ2n) is 13.7. The average molecular weight is 549 g/mol. The zero-order chi connectivity index (χ0) is 27.6. The Kier molecular flexibility index (Phi) is 6.23. The Morgan fingerprint density at radius 3 is 2.39 bits per heavy atom. The van der Waals surface area contributed by atoms with E-state index in [1.807, 2.05) is 7.11 Å². The normalized spacial score (nSPS) is 31.9. The average Bonchev–Trinajstić information content (AvgIpc) is 3.78. The molecule has 5 unspecified atom stereocenters. The molecule has 0 aromatic heterocycles. The van der Waals surface area contributed by atoms with Crippen LogP contribution >= 0.6 is 0 Å². The van der Waals surface area contributed by atoms with Crippen molar-refractivity contribution in [1.82, 2.24) is 9.80 Å². The molecular formula is C37H44N2O2. The number of fused-ring (bicyclic) bond motifs is 1. The Morgan fingerprint density at radius 1 is 0.878 bits per heavy atom. The number of hydrogen-bond acceptors (Lipinski definition) is 4. The molecule has 41 heavy (non-hydrogen) atoms. The maximum Gasteiger partial charge on any atom is 0.173 e. The third-order valence-electron chi connectivity index (χ3n) is 11.9. The highest BCUT2D eigenvalue weighted by Gasteiger charge is 2.72. The van der Waals surface area contributed by atoms with Crippen molar-refractivity contribution in [2.24, 2.45) is 17.3 Å². The highest BCUT2D eigenvalue weighted by atomic mass is 16.5. The fourth-order valence-corrected chi connectivity index (χ4v) is 10.2. The van der Waals surface area contributed by atoms with E-state index in [1.54, 1.807) is 0 Å². The molecule has 214 valence electrons. The third kappa shape index (κ3) is 3.93. The van der Waals surface area contributed by atoms with Crippen LogP contribution < -0.4 is 9.47 Å². The minimum atomic E-state index is 0.123. The van der Waals surface area contributed by atoms with Crippen molar-refractivity contribution >= 4 is 0 Å². The molecular weight excluding hydrogens is 504 g/mol. The van der Waals surface area contributed by atoms with E-state index in [0.29, 0.717) is 23.4 Å². The fraction of sp³-hybridized carbons (Fsp3) is 0.514. The van der Waals surface area contributed by atoms with Gasteiger partial charge in [-0.25, -0.2) is 0 Å². The van der Waals surface area contributed by atoms with Crippen molar-refractivity contribution in [1.29, 1.82) is 0 Å². The number of ether oxygens (including phenoxy) is 2. The van der Waals surface area contributed by atoms with Crippen LogP contribution in [0.4, 0.5) is 0 Å². The van der Waals surface area contributed by atoms with E-state index in [9.17, 15) is 0 Å². The first-order chi connectivity index (χ1) is 20.1. The minimum Gasteiger partial charge on any atom is -0.493 e. The molecule has 0 amide bonds. The zero-order valence-corrected chi connectivity index (χ0v) is 24.7. The summed E-state index contributed by atoms with van der Waals surface area (Å²) in [5.74, 6) is 4.33. The number of benzene rings is 3. The van der Waals surface area contributed by atoms with Gasteiger partial charge in [0.25, 0.3) is 0 Å². The fourth-order valence-electron chi connectivity index (χ4n) is 10.2. The molecule has 4 nitrogen and oxygen atoms in total. The molecule has 5 aliphatic rings. The van der Waals surface area contributed by atoms with Crippen LogP contribution in [0.1, 0.15) is 61.6 Å². The molecule has 4 fully saturated rings. The number of para-hydroxylation sites is 1. The maximum atomic E-state index is 6.90. The van der Waals surface area contributed by atoms with Crippen molar-refractivity contribution in [3.63, 3.8) is 0 Å². The number of methoxy groups -OCH3 is 1. The van der Waals surface area contributed by atoms with Gasteiger partial charge in [-0.15, -0.1) is 0 Å². The van der Waals surface area contributed by atoms with E-state index in [2.05, 4.69) is 89.6 Å². The van der Waals surface area contributed by atoms with Crippen molar-refractivity contribution in [3.8, 4) is 17.2 Å². The van der Waals surface area contributed by atoms with E-state index in [0.717, 1.165) is 36.1 Å². The molecule has 3 aromatic carbocycles. The van der Waals surface area contributed by atoms with Gasteiger partial charge in [-0.05, 0) is 112 Å². The van der Waals surface area contributed by atoms with Crippen molar-refractivity contribution < 1.29 is 9.47 Å². The van der Waals surface area contributed by atoms with Gasteiger partial charge < -0.3 is 9.47 Å². The third-order valence-corrected chi connectivity index (χ3v) is 11.9. The second-order valence-corrected chi connectivity index (χ2v) is 13.7. The van der Waals surface area contributed by atoms with Gasteiger partial charge in [-0.2, -0.15) is 0 Å². The molecule has 1 aliphatic heterocycles. The smallest absolute Gasteiger partial charge is 0.173 e. The largest absolute Gasteiger partial charge is 0.493 e. The lowest BCUT2D eigenvalue weighted by Crippen LogP contribution is -2.70. The Morgan fingerprint density at radius 2 is 1.63 bits per heavy atom. The second kappa shape index (κ2) is 9.88. The van der Waals surface area contributed by atoms with Gasteiger partial charge in [0.2, 0.25) is 0 Å². The molecule has 4 aliphatic carbocycles. The first-order valence-electron chi connectivity index (χ1n) is 16.0. The Labute approximate surface area is 245 Å². The molecule has 0 N–H and O–H groups in total. The molecule has 4 heteroatoms. The van der Waals surface area contributed by atoms with Crippen molar-refractivity contribution in [2.45, 2.75) is 75.4 Å². The molecule has 8 rings (SSSR count). The first kappa shape index (κ1) is 25.9. The lowest BCUT2D eigenvalue weighted by Gasteiger charge is -2.67. The number of nitrogens with zero attached hydrogens (tertiary/aromatic N) is 2. The number of likely N-dealkylation sites (tertiary alicyclic amines) is 1. The van der Waals surface area contributed by atoms with E-state index < -0.39 is 0 Å². The van der Waals surface area contributed by atoms with Crippen LogP contribution in [-0.2, 0) is 18.4 Å². The molecule has 3 saturated carbocycles. The summed E-state index contributed by atoms with van der Waals surface area (Å²) in [6.07, 6.45) is 10.5. The summed E-state index contributed by atoms with van der Waals surface area (Å²) in [6, 6.07) is 27.2. The van der Waals surface area contributed by atoms with Crippen LogP contribution in [-0.4, -0.2) is 49.1 Å². The van der Waals surface area contributed by atoms with E-state index >= 15 is 0 Å². The monoisotopic (exact) mass is 548 g/mol. The highest BCUT2D eigenvalue weighted by Crippen LogP contribution is 2.74. The quantitative estimate of drug-likeness (QED) is 0.292. The topological polar surface area (TPSA) is 24.9 Å². The SMILES string of the molecule is COc1ccc2c(c1Oc1ccccc1)C13CCN(CC4CC4)C(C2)C12CCC(N(C)Cc1ccccc1)C3CC2. The number of hydrogen-bond donors (Lipinski definition) is 0. The van der Waals surface area contributed by atoms with Gasteiger partial charge in [0.05, 0.1) is 7.11 Å². The molecule has 0 spiro atoms. The van der Waals surface area contributed by atoms with Crippen LogP contribution in [0.5, 0.6) is 17.2 Å². The Bertz CT molecular complexity index is 1410. The molecule has 0 radical (unpaired) electrons. The summed E-state index contributed by atoms with van der Waals surface area (Å²) >= 11 is 0. The van der Waals surface area contributed by atoms with Crippen LogP contribution in [0.3, 0.4) is 0 Å². The predicted octanol–water partition coefficient (Wildman–Crippen LogP) is 7.46. The Hall–Kier alpha value is -2.82. The summed E-state index contributed by atoms with van der Waals surface area (Å²) in [5.41, 5.74) is 4.87. The van der Waals surface area contributed by atoms with Crippen molar-refractivity contribution in [3.05, 3.63) is 89.5 Å². The van der Waals surface area contributed by atoms with Crippen molar-refractivity contribution in [2.75, 3.05) is 27.2 Å². The molecule has 4 bridgehead atoms. The van der Waals surface area contributed by atoms with Crippen LogP contribution in [0.2, 0.25) is 0 Å². The standard InChI is InChI=1S/C37H44N2O2/c1-38(24-26-9-5-3-6-10-26)31-18-20-36-19-17-30(31)37(36)21-22-39(25-27-13-14-27)33(36)23-28-15-16-32(40-2)35(34(28)37)41-29-11-7-4-8-12-29/h3-12,15-16,27,30-31,33H,13-14,17-25H2,1-2H3. The summed E-state index contributed by atoms with van der Waals surface area (Å²) < 4.78 is 13.0. The van der Waals surface area contributed by atoms with Gasteiger partial charge in [0, 0.05) is 36.2 Å². The summed E-state index contributed by atoms with van der Waals surface area (Å²) in [5, 5.41) is 0. The van der Waals surface area contributed by atoms with Crippen LogP contribution in [0, 0.1) is 17.3 Å². The number of piperidine rings is 1. The lowest BCUT2D eigenvalue weighted by atomic mass is 9.43. The molecule has 5 atom stereocenters. The van der Waals surface area contributed by atoms with Gasteiger partial charge in [-0.1, -0.05) is 54.6 Å². The first-order valence-corrected chi connectivity index (χ1v) is 16.0. The molecule has 1 heterocycles. The van der Waals surface area contributed by atoms with Gasteiger partial charge in [0.15, 0.2) is 11.5 Å². The van der Waals surface area contributed by atoms with E-state index in [1.165, 1.54) is 74.7 Å². The van der Waals surface area contributed by atoms with E-state index in [4.69, 9.17) is 9.47 Å². The maximum absolute atomic E-state index is 6.90. The number of rotatable bonds is 8. The van der Waals surface area contributed by atoms with Gasteiger partial charge in [0.1, 0.15) is 5.75 Å².